The number of para-hydroxylation sites is 1. The molecule has 0 amide bonds. The van der Waals surface area contributed by atoms with Crippen molar-refractivity contribution in [2.45, 2.75) is 39.7 Å². The van der Waals surface area contributed by atoms with Gasteiger partial charge in [0.15, 0.2) is 0 Å². The highest BCUT2D eigenvalue weighted by Crippen LogP contribution is 2.37. The maximum Gasteiger partial charge on any atom is 0.150 e. The first-order valence-electron chi connectivity index (χ1n) is 17.0. The number of benzene rings is 4. The van der Waals surface area contributed by atoms with Gasteiger partial charge in [0.05, 0.1) is 23.2 Å². The van der Waals surface area contributed by atoms with Crippen molar-refractivity contribution in [1.29, 1.82) is 0 Å². The number of hydrogen-bond acceptors (Lipinski definition) is 5. The number of allylic oxidation sites excluding steroid dienone is 1. The molecule has 2 heterocycles. The summed E-state index contributed by atoms with van der Waals surface area (Å²) in [5.74, 6) is 0.852. The SMILES string of the molecule is CCN(CC)c1ccc(C=CC2=NN(c3ccc4ccccc4n3)C(C=Cc3ccc(N(CC)CC)cc3)C2c2ccccc2)cc1. The summed E-state index contributed by atoms with van der Waals surface area (Å²) in [5.41, 5.74) is 8.00. The molecule has 0 saturated carbocycles. The molecular formula is C42H45N5. The number of anilines is 3. The summed E-state index contributed by atoms with van der Waals surface area (Å²) in [7, 11) is 0. The van der Waals surface area contributed by atoms with E-state index in [1.54, 1.807) is 0 Å². The molecule has 5 heteroatoms. The van der Waals surface area contributed by atoms with Crippen LogP contribution in [0.5, 0.6) is 0 Å². The van der Waals surface area contributed by atoms with Gasteiger partial charge in [-0.2, -0.15) is 5.10 Å². The molecule has 2 unspecified atom stereocenters. The van der Waals surface area contributed by atoms with Crippen molar-refractivity contribution in [3.8, 4) is 0 Å². The normalized spacial score (nSPS) is 16.3. The van der Waals surface area contributed by atoms with E-state index in [4.69, 9.17) is 10.1 Å². The molecule has 47 heavy (non-hydrogen) atoms. The first kappa shape index (κ1) is 31.8. The van der Waals surface area contributed by atoms with Crippen molar-refractivity contribution >= 4 is 46.0 Å². The maximum absolute atomic E-state index is 5.30. The van der Waals surface area contributed by atoms with E-state index in [9.17, 15) is 0 Å². The second-order valence-corrected chi connectivity index (χ2v) is 11.8. The van der Waals surface area contributed by atoms with E-state index in [-0.39, 0.29) is 12.0 Å². The predicted molar refractivity (Wildman–Crippen MR) is 203 cm³/mol. The fourth-order valence-corrected chi connectivity index (χ4v) is 6.48. The number of aromatic nitrogens is 1. The van der Waals surface area contributed by atoms with Crippen molar-refractivity contribution in [2.24, 2.45) is 5.10 Å². The van der Waals surface area contributed by atoms with Crippen molar-refractivity contribution < 1.29 is 0 Å². The van der Waals surface area contributed by atoms with Gasteiger partial charge in [-0.05, 0) is 92.9 Å². The molecule has 0 spiro atoms. The van der Waals surface area contributed by atoms with Crippen molar-refractivity contribution in [3.63, 3.8) is 0 Å². The molecule has 6 rings (SSSR count). The van der Waals surface area contributed by atoms with E-state index in [0.29, 0.717) is 0 Å². The molecule has 0 fully saturated rings. The third kappa shape index (κ3) is 7.15. The number of nitrogens with zero attached hydrogens (tertiary/aromatic N) is 5. The van der Waals surface area contributed by atoms with Gasteiger partial charge in [0, 0.05) is 42.9 Å². The third-order valence-electron chi connectivity index (χ3n) is 9.12. The number of hydrazone groups is 1. The minimum Gasteiger partial charge on any atom is -0.372 e. The van der Waals surface area contributed by atoms with E-state index >= 15 is 0 Å². The van der Waals surface area contributed by atoms with Crippen LogP contribution in [0.4, 0.5) is 17.2 Å². The van der Waals surface area contributed by atoms with Gasteiger partial charge in [-0.3, -0.25) is 0 Å². The van der Waals surface area contributed by atoms with Gasteiger partial charge >= 0.3 is 0 Å². The van der Waals surface area contributed by atoms with E-state index in [0.717, 1.165) is 59.7 Å². The molecule has 1 aliphatic rings. The average molecular weight is 620 g/mol. The molecule has 0 N–H and O–H groups in total. The van der Waals surface area contributed by atoms with E-state index < -0.39 is 0 Å². The second kappa shape index (κ2) is 15.0. The summed E-state index contributed by atoms with van der Waals surface area (Å²) < 4.78 is 0. The van der Waals surface area contributed by atoms with Gasteiger partial charge in [0.2, 0.25) is 0 Å². The van der Waals surface area contributed by atoms with Crippen molar-refractivity contribution in [3.05, 3.63) is 144 Å². The molecule has 1 aliphatic heterocycles. The van der Waals surface area contributed by atoms with Crippen LogP contribution in [0.15, 0.2) is 133 Å². The zero-order valence-corrected chi connectivity index (χ0v) is 28.0. The number of rotatable bonds is 12. The van der Waals surface area contributed by atoms with Crippen LogP contribution in [0.25, 0.3) is 23.1 Å². The van der Waals surface area contributed by atoms with Crippen LogP contribution < -0.4 is 14.8 Å². The maximum atomic E-state index is 5.30. The van der Waals surface area contributed by atoms with E-state index in [1.807, 2.05) is 6.07 Å². The number of fused-ring (bicyclic) bond motifs is 1. The van der Waals surface area contributed by atoms with Gasteiger partial charge in [-0.25, -0.2) is 9.99 Å². The Labute approximate surface area is 280 Å². The lowest BCUT2D eigenvalue weighted by atomic mass is 9.87. The topological polar surface area (TPSA) is 35.0 Å². The molecule has 0 aliphatic carbocycles. The Kier molecular flexibility index (Phi) is 10.1. The fourth-order valence-electron chi connectivity index (χ4n) is 6.48. The fraction of sp³-hybridized carbons (Fsp3) is 0.238. The summed E-state index contributed by atoms with van der Waals surface area (Å²) in [5, 5.41) is 8.52. The highest BCUT2D eigenvalue weighted by Gasteiger charge is 2.37. The molecule has 0 bridgehead atoms. The molecule has 0 saturated heterocycles. The Morgan fingerprint density at radius 2 is 1.17 bits per heavy atom. The Bertz CT molecular complexity index is 1830. The molecule has 2 atom stereocenters. The zero-order chi connectivity index (χ0) is 32.6. The van der Waals surface area contributed by atoms with Crippen LogP contribution in [-0.2, 0) is 0 Å². The Morgan fingerprint density at radius 3 is 1.79 bits per heavy atom. The van der Waals surface area contributed by atoms with Crippen LogP contribution in [0, 0.1) is 0 Å². The van der Waals surface area contributed by atoms with Crippen LogP contribution >= 0.6 is 0 Å². The Balaban J connectivity index is 1.39. The van der Waals surface area contributed by atoms with Crippen LogP contribution in [-0.4, -0.2) is 42.9 Å². The molecule has 1 aromatic heterocycles. The van der Waals surface area contributed by atoms with Gasteiger partial charge in [-0.1, -0.05) is 91.0 Å². The lowest BCUT2D eigenvalue weighted by molar-refractivity contribution is 0.717. The standard InChI is InChI=1S/C42H45N5/c1-5-45(6-2)36-25-18-32(19-26-36)22-29-39-42(35-15-10-9-11-16-35)40(30-23-33-20-27-37(28-21-33)46(7-3)8-4)47(44-39)41-31-24-34-14-12-13-17-38(34)43-41/h9-31,40,42H,5-8H2,1-4H3. The van der Waals surface area contributed by atoms with Crippen LogP contribution in [0.1, 0.15) is 50.3 Å². The van der Waals surface area contributed by atoms with E-state index in [1.165, 1.54) is 16.9 Å². The Morgan fingerprint density at radius 1 is 0.596 bits per heavy atom. The van der Waals surface area contributed by atoms with Gasteiger partial charge in [0.1, 0.15) is 5.82 Å². The molecule has 0 radical (unpaired) electrons. The zero-order valence-electron chi connectivity index (χ0n) is 28.0. The van der Waals surface area contributed by atoms with Gasteiger partial charge < -0.3 is 9.80 Å². The van der Waals surface area contributed by atoms with Crippen LogP contribution in [0.2, 0.25) is 0 Å². The molecule has 5 nitrogen and oxygen atoms in total. The summed E-state index contributed by atoms with van der Waals surface area (Å²) in [6.07, 6.45) is 8.90. The molecule has 4 aromatic carbocycles. The first-order valence-corrected chi connectivity index (χ1v) is 17.0. The largest absolute Gasteiger partial charge is 0.372 e. The van der Waals surface area contributed by atoms with Crippen molar-refractivity contribution in [2.75, 3.05) is 41.0 Å². The minimum atomic E-state index is -0.0711. The van der Waals surface area contributed by atoms with Gasteiger partial charge in [0.25, 0.3) is 0 Å². The van der Waals surface area contributed by atoms with Crippen molar-refractivity contribution in [1.82, 2.24) is 4.98 Å². The first-order chi connectivity index (χ1) is 23.1. The summed E-state index contributed by atoms with van der Waals surface area (Å²) in [4.78, 5) is 9.82. The third-order valence-corrected chi connectivity index (χ3v) is 9.12. The lowest BCUT2D eigenvalue weighted by Gasteiger charge is -2.25. The molecular weight excluding hydrogens is 574 g/mol. The quantitative estimate of drug-likeness (QED) is 0.139. The molecule has 5 aromatic rings. The summed E-state index contributed by atoms with van der Waals surface area (Å²) in [6, 6.07) is 40.8. The average Bonchev–Trinajstić information content (AvgIpc) is 3.50. The lowest BCUT2D eigenvalue weighted by Crippen LogP contribution is -2.30. The van der Waals surface area contributed by atoms with Gasteiger partial charge in [-0.15, -0.1) is 0 Å². The van der Waals surface area contributed by atoms with E-state index in [2.05, 4.69) is 176 Å². The monoisotopic (exact) mass is 619 g/mol. The highest BCUT2D eigenvalue weighted by atomic mass is 15.5. The smallest absolute Gasteiger partial charge is 0.150 e. The minimum absolute atomic E-state index is 0.0156. The highest BCUT2D eigenvalue weighted by molar-refractivity contribution is 6.06. The second-order valence-electron chi connectivity index (χ2n) is 11.8. The summed E-state index contributed by atoms with van der Waals surface area (Å²) >= 11 is 0. The van der Waals surface area contributed by atoms with Crippen LogP contribution in [0.3, 0.4) is 0 Å². The number of pyridine rings is 1. The number of hydrogen-bond donors (Lipinski definition) is 0. The molecule has 238 valence electrons. The summed E-state index contributed by atoms with van der Waals surface area (Å²) in [6.45, 7) is 12.8. The predicted octanol–water partition coefficient (Wildman–Crippen LogP) is 9.68. The Hall–Kier alpha value is -5.16.